The third kappa shape index (κ3) is 7.30. The summed E-state index contributed by atoms with van der Waals surface area (Å²) in [6.07, 6.45) is 2.63. The van der Waals surface area contributed by atoms with E-state index in [1.165, 1.54) is 41.3 Å². The molecule has 0 N–H and O–H groups in total. The first-order valence-electron chi connectivity index (χ1n) is 13.4. The number of ether oxygens (including phenoxy) is 1. The number of rotatable bonds is 9. The van der Waals surface area contributed by atoms with Crippen molar-refractivity contribution in [3.63, 3.8) is 0 Å². The first kappa shape index (κ1) is 30.6. The van der Waals surface area contributed by atoms with Gasteiger partial charge in [0.15, 0.2) is 40.6 Å². The smallest absolute Gasteiger partial charge is 0.254 e. The summed E-state index contributed by atoms with van der Waals surface area (Å²) >= 11 is 0. The van der Waals surface area contributed by atoms with Gasteiger partial charge in [0, 0.05) is 23.3 Å². The van der Waals surface area contributed by atoms with Crippen LogP contribution in [0.3, 0.4) is 0 Å². The maximum atomic E-state index is 14.9. The molecule has 4 rings (SSSR count). The van der Waals surface area contributed by atoms with E-state index in [0.29, 0.717) is 6.54 Å². The third-order valence-electron chi connectivity index (χ3n) is 6.90. The van der Waals surface area contributed by atoms with E-state index in [2.05, 4.69) is 4.90 Å². The second-order valence-corrected chi connectivity index (χ2v) is 9.70. The van der Waals surface area contributed by atoms with Gasteiger partial charge in [-0.3, -0.25) is 9.59 Å². The van der Waals surface area contributed by atoms with Crippen LogP contribution >= 0.6 is 0 Å². The van der Waals surface area contributed by atoms with Crippen LogP contribution in [0.5, 0.6) is 5.75 Å². The SMILES string of the molecule is CCN(CC)CCOc1ccc(C(=O)N2C/C(=C/c3ccc(F)c(F)c3)C(=O)/C(=C/c3ccc(F)c(F)c3)C2)cc1F. The van der Waals surface area contributed by atoms with Gasteiger partial charge in [-0.2, -0.15) is 0 Å². The Kier molecular flexibility index (Phi) is 9.90. The second-order valence-electron chi connectivity index (χ2n) is 9.70. The molecule has 0 saturated carbocycles. The summed E-state index contributed by atoms with van der Waals surface area (Å²) in [4.78, 5) is 30.2. The topological polar surface area (TPSA) is 49.9 Å². The molecule has 5 nitrogen and oxygen atoms in total. The quantitative estimate of drug-likeness (QED) is 0.219. The van der Waals surface area contributed by atoms with Gasteiger partial charge in [-0.15, -0.1) is 0 Å². The van der Waals surface area contributed by atoms with Crippen LogP contribution in [0.4, 0.5) is 22.0 Å². The molecule has 0 spiro atoms. The van der Waals surface area contributed by atoms with Crippen molar-refractivity contribution in [1.29, 1.82) is 0 Å². The maximum absolute atomic E-state index is 14.9. The van der Waals surface area contributed by atoms with Crippen LogP contribution in [0.25, 0.3) is 12.2 Å². The van der Waals surface area contributed by atoms with Crippen LogP contribution in [-0.2, 0) is 4.79 Å². The zero-order valence-electron chi connectivity index (χ0n) is 23.1. The van der Waals surface area contributed by atoms with E-state index in [1.54, 1.807) is 0 Å². The van der Waals surface area contributed by atoms with Crippen LogP contribution < -0.4 is 4.74 Å². The molecule has 1 aliphatic rings. The molecule has 42 heavy (non-hydrogen) atoms. The average Bonchev–Trinajstić information content (AvgIpc) is 2.97. The van der Waals surface area contributed by atoms with Gasteiger partial charge in [-0.05, 0) is 78.8 Å². The highest BCUT2D eigenvalue weighted by atomic mass is 19.2. The fraction of sp³-hybridized carbons (Fsp3) is 0.250. The summed E-state index contributed by atoms with van der Waals surface area (Å²) in [5, 5.41) is 0. The van der Waals surface area contributed by atoms with Gasteiger partial charge in [0.05, 0.1) is 13.1 Å². The van der Waals surface area contributed by atoms with Crippen molar-refractivity contribution in [1.82, 2.24) is 9.80 Å². The molecule has 1 saturated heterocycles. The number of piperidine rings is 1. The Hall–Kier alpha value is -4.31. The Labute approximate surface area is 240 Å². The molecular weight excluding hydrogens is 555 g/mol. The summed E-state index contributed by atoms with van der Waals surface area (Å²) in [6.45, 7) is 6.11. The minimum Gasteiger partial charge on any atom is -0.489 e. The number of nitrogens with zero attached hydrogens (tertiary/aromatic N) is 2. The highest BCUT2D eigenvalue weighted by Crippen LogP contribution is 2.26. The van der Waals surface area contributed by atoms with Crippen LogP contribution in [0.2, 0.25) is 0 Å². The van der Waals surface area contributed by atoms with Gasteiger partial charge in [0.1, 0.15) is 6.61 Å². The standard InChI is InChI=1S/C32H29F5N2O3/c1-3-38(4-2)11-12-42-30-10-7-22(17-29(30)37)32(41)39-18-23(13-20-5-8-25(33)27(35)15-20)31(40)24(19-39)14-21-6-9-26(34)28(36)16-21/h5-10,13-17H,3-4,11-12,18-19H2,1-2H3/b23-13-,24-14+. The lowest BCUT2D eigenvalue weighted by Gasteiger charge is -2.30. The van der Waals surface area contributed by atoms with Gasteiger partial charge < -0.3 is 14.5 Å². The van der Waals surface area contributed by atoms with Crippen molar-refractivity contribution in [2.24, 2.45) is 0 Å². The fourth-order valence-corrected chi connectivity index (χ4v) is 4.55. The van der Waals surface area contributed by atoms with Crippen molar-refractivity contribution < 1.29 is 36.3 Å². The third-order valence-corrected chi connectivity index (χ3v) is 6.90. The lowest BCUT2D eigenvalue weighted by molar-refractivity contribution is -0.113. The van der Waals surface area contributed by atoms with E-state index in [9.17, 15) is 31.5 Å². The number of hydrogen-bond donors (Lipinski definition) is 0. The molecule has 3 aromatic rings. The predicted octanol–water partition coefficient (Wildman–Crippen LogP) is 6.29. The molecule has 1 aliphatic heterocycles. The van der Waals surface area contributed by atoms with Gasteiger partial charge in [0.2, 0.25) is 0 Å². The number of likely N-dealkylation sites (N-methyl/N-ethyl adjacent to an activating group) is 1. The highest BCUT2D eigenvalue weighted by Gasteiger charge is 2.30. The fourth-order valence-electron chi connectivity index (χ4n) is 4.55. The molecule has 0 unspecified atom stereocenters. The van der Waals surface area contributed by atoms with E-state index in [-0.39, 0.29) is 53.3 Å². The van der Waals surface area contributed by atoms with Gasteiger partial charge in [0.25, 0.3) is 5.91 Å². The van der Waals surface area contributed by atoms with Crippen molar-refractivity contribution >= 4 is 23.8 Å². The van der Waals surface area contributed by atoms with Crippen molar-refractivity contribution in [2.45, 2.75) is 13.8 Å². The lowest BCUT2D eigenvalue weighted by Crippen LogP contribution is -2.41. The first-order valence-corrected chi connectivity index (χ1v) is 13.4. The average molecular weight is 585 g/mol. The number of hydrogen-bond acceptors (Lipinski definition) is 4. The number of benzene rings is 3. The van der Waals surface area contributed by atoms with Crippen LogP contribution in [0.15, 0.2) is 65.7 Å². The molecule has 220 valence electrons. The number of amides is 1. The van der Waals surface area contributed by atoms with E-state index >= 15 is 0 Å². The van der Waals surface area contributed by atoms with Crippen LogP contribution in [0, 0.1) is 29.1 Å². The Morgan fingerprint density at radius 2 is 1.33 bits per heavy atom. The zero-order chi connectivity index (χ0) is 30.4. The Morgan fingerprint density at radius 1 is 0.786 bits per heavy atom. The van der Waals surface area contributed by atoms with E-state index in [0.717, 1.165) is 43.4 Å². The molecule has 10 heteroatoms. The van der Waals surface area contributed by atoms with Gasteiger partial charge in [-0.1, -0.05) is 26.0 Å². The predicted molar refractivity (Wildman–Crippen MR) is 149 cm³/mol. The summed E-state index contributed by atoms with van der Waals surface area (Å²) < 4.78 is 75.0. The molecule has 1 amide bonds. The minimum atomic E-state index is -1.12. The maximum Gasteiger partial charge on any atom is 0.254 e. The Morgan fingerprint density at radius 3 is 1.81 bits per heavy atom. The van der Waals surface area contributed by atoms with Crippen molar-refractivity contribution in [3.05, 3.63) is 112 Å². The second kappa shape index (κ2) is 13.6. The number of ketones is 1. The molecule has 0 aromatic heterocycles. The number of carbonyl (C=O) groups is 2. The molecule has 0 bridgehead atoms. The minimum absolute atomic E-state index is 0.00250. The van der Waals surface area contributed by atoms with Crippen molar-refractivity contribution in [2.75, 3.05) is 39.3 Å². The summed E-state index contributed by atoms with van der Waals surface area (Å²) in [5.41, 5.74) is 0.474. The molecule has 1 fully saturated rings. The summed E-state index contributed by atoms with van der Waals surface area (Å²) in [5.74, 6) is -6.23. The molecule has 0 radical (unpaired) electrons. The summed E-state index contributed by atoms with van der Waals surface area (Å²) in [7, 11) is 0. The van der Waals surface area contributed by atoms with Crippen LogP contribution in [-0.4, -0.2) is 60.8 Å². The monoisotopic (exact) mass is 584 g/mol. The summed E-state index contributed by atoms with van der Waals surface area (Å²) in [6, 6.07) is 9.98. The highest BCUT2D eigenvalue weighted by molar-refractivity contribution is 6.15. The van der Waals surface area contributed by atoms with Gasteiger partial charge in [-0.25, -0.2) is 22.0 Å². The number of carbonyl (C=O) groups excluding carboxylic acids is 2. The van der Waals surface area contributed by atoms with Gasteiger partial charge >= 0.3 is 0 Å². The number of Topliss-reactive ketones (excluding diaryl/α,β-unsaturated/α-hetero) is 1. The first-order chi connectivity index (χ1) is 20.1. The normalized spacial score (nSPS) is 15.6. The van der Waals surface area contributed by atoms with E-state index in [4.69, 9.17) is 4.74 Å². The Balaban J connectivity index is 1.63. The zero-order valence-corrected chi connectivity index (χ0v) is 23.1. The van der Waals surface area contributed by atoms with E-state index < -0.39 is 40.8 Å². The molecule has 1 heterocycles. The molecule has 0 atom stereocenters. The van der Waals surface area contributed by atoms with E-state index in [1.807, 2.05) is 13.8 Å². The van der Waals surface area contributed by atoms with Crippen LogP contribution in [0.1, 0.15) is 35.3 Å². The molecule has 0 aliphatic carbocycles. The molecule has 3 aromatic carbocycles. The number of halogens is 5. The largest absolute Gasteiger partial charge is 0.489 e. The molecular formula is C32H29F5N2O3. The van der Waals surface area contributed by atoms with Crippen molar-refractivity contribution in [3.8, 4) is 5.75 Å². The number of likely N-dealkylation sites (tertiary alicyclic amines) is 1. The Bertz CT molecular complexity index is 1480. The lowest BCUT2D eigenvalue weighted by atomic mass is 9.93.